The van der Waals surface area contributed by atoms with Crippen LogP contribution in [0.1, 0.15) is 36.2 Å². The number of Topliss-reactive ketones (excluding diaryl/α,β-unsaturated/α-hetero) is 1. The molecule has 15 heavy (non-hydrogen) atoms. The minimum Gasteiger partial charge on any atom is -0.300 e. The van der Waals surface area contributed by atoms with Gasteiger partial charge >= 0.3 is 0 Å². The third kappa shape index (κ3) is 2.62. The van der Waals surface area contributed by atoms with Crippen LogP contribution in [0, 0.1) is 18.8 Å². The molecule has 0 aliphatic heterocycles. The second-order valence-electron chi connectivity index (χ2n) is 4.44. The van der Waals surface area contributed by atoms with Gasteiger partial charge in [0, 0.05) is 19.3 Å². The third-order valence-electron chi connectivity index (χ3n) is 3.18. The van der Waals surface area contributed by atoms with Crippen LogP contribution in [0.4, 0.5) is 0 Å². The van der Waals surface area contributed by atoms with Crippen molar-refractivity contribution in [1.82, 2.24) is 10.2 Å². The van der Waals surface area contributed by atoms with Crippen molar-refractivity contribution in [1.29, 1.82) is 0 Å². The minimum atomic E-state index is 0.416. The lowest BCUT2D eigenvalue weighted by Crippen LogP contribution is -2.24. The molecule has 1 aliphatic rings. The highest BCUT2D eigenvalue weighted by atomic mass is 32.1. The van der Waals surface area contributed by atoms with E-state index < -0.39 is 0 Å². The molecule has 2 rings (SSSR count). The van der Waals surface area contributed by atoms with Gasteiger partial charge in [-0.05, 0) is 25.2 Å². The van der Waals surface area contributed by atoms with E-state index in [1.807, 2.05) is 6.92 Å². The summed E-state index contributed by atoms with van der Waals surface area (Å²) >= 11 is 1.65. The molecule has 0 aromatic carbocycles. The molecule has 3 nitrogen and oxygen atoms in total. The van der Waals surface area contributed by atoms with Gasteiger partial charge in [-0.1, -0.05) is 6.92 Å². The number of rotatable bonds is 2. The number of hydrogen-bond acceptors (Lipinski definition) is 4. The van der Waals surface area contributed by atoms with E-state index in [0.29, 0.717) is 17.6 Å². The first-order valence-corrected chi connectivity index (χ1v) is 6.27. The lowest BCUT2D eigenvalue weighted by atomic mass is 9.78. The van der Waals surface area contributed by atoms with E-state index >= 15 is 0 Å². The number of hydrogen-bond donors (Lipinski definition) is 0. The average molecular weight is 224 g/mol. The zero-order chi connectivity index (χ0) is 10.8. The Hall–Kier alpha value is -0.770. The molecule has 1 aromatic heterocycles. The quantitative estimate of drug-likeness (QED) is 0.774. The van der Waals surface area contributed by atoms with Gasteiger partial charge < -0.3 is 0 Å². The van der Waals surface area contributed by atoms with Gasteiger partial charge in [0.2, 0.25) is 0 Å². The van der Waals surface area contributed by atoms with Crippen LogP contribution in [0.25, 0.3) is 0 Å². The molecule has 4 heteroatoms. The molecule has 1 aromatic rings. The number of carbonyl (C=O) groups excluding carboxylic acids is 1. The molecule has 1 saturated carbocycles. The number of aromatic nitrogens is 2. The van der Waals surface area contributed by atoms with E-state index in [4.69, 9.17) is 0 Å². The first-order valence-electron chi connectivity index (χ1n) is 5.46. The Kier molecular flexibility index (Phi) is 3.14. The summed E-state index contributed by atoms with van der Waals surface area (Å²) in [5, 5.41) is 10.2. The minimum absolute atomic E-state index is 0.416. The molecule has 1 aliphatic carbocycles. The molecule has 0 bridgehead atoms. The molecule has 0 saturated heterocycles. The standard InChI is InChI=1S/C11H16N2OS/c1-7-3-4-10(14)5-9(7)6-11-13-12-8(2)15-11/h7,9H,3-6H2,1-2H3. The number of ketones is 1. The van der Waals surface area contributed by atoms with E-state index in [2.05, 4.69) is 17.1 Å². The van der Waals surface area contributed by atoms with E-state index in [0.717, 1.165) is 35.7 Å². The van der Waals surface area contributed by atoms with Gasteiger partial charge in [0.1, 0.15) is 15.8 Å². The van der Waals surface area contributed by atoms with Crippen LogP contribution in [0.5, 0.6) is 0 Å². The molecule has 0 radical (unpaired) electrons. The molecule has 2 atom stereocenters. The molecular formula is C11H16N2OS. The fourth-order valence-electron chi connectivity index (χ4n) is 2.14. The lowest BCUT2D eigenvalue weighted by molar-refractivity contribution is -0.122. The maximum atomic E-state index is 11.4. The molecule has 0 N–H and O–H groups in total. The van der Waals surface area contributed by atoms with Gasteiger partial charge in [0.15, 0.2) is 0 Å². The predicted molar refractivity (Wildman–Crippen MR) is 59.9 cm³/mol. The Morgan fingerprint density at radius 2 is 2.27 bits per heavy atom. The van der Waals surface area contributed by atoms with Crippen molar-refractivity contribution in [2.45, 2.75) is 39.5 Å². The van der Waals surface area contributed by atoms with Gasteiger partial charge in [-0.15, -0.1) is 21.5 Å². The zero-order valence-corrected chi connectivity index (χ0v) is 10.0. The molecule has 1 fully saturated rings. The van der Waals surface area contributed by atoms with Crippen molar-refractivity contribution in [3.63, 3.8) is 0 Å². The summed E-state index contributed by atoms with van der Waals surface area (Å²) in [6.07, 6.45) is 3.48. The molecule has 82 valence electrons. The normalized spacial score (nSPS) is 26.9. The summed E-state index contributed by atoms with van der Waals surface area (Å²) in [6.45, 7) is 4.21. The van der Waals surface area contributed by atoms with Gasteiger partial charge in [-0.2, -0.15) is 0 Å². The van der Waals surface area contributed by atoms with Crippen molar-refractivity contribution in [2.24, 2.45) is 11.8 Å². The first kappa shape index (κ1) is 10.7. The van der Waals surface area contributed by atoms with Crippen molar-refractivity contribution < 1.29 is 4.79 Å². The van der Waals surface area contributed by atoms with Crippen molar-refractivity contribution in [2.75, 3.05) is 0 Å². The second kappa shape index (κ2) is 4.39. The second-order valence-corrected chi connectivity index (χ2v) is 5.70. The zero-order valence-electron chi connectivity index (χ0n) is 9.19. The molecule has 0 amide bonds. The topological polar surface area (TPSA) is 42.9 Å². The Balaban J connectivity index is 2.01. The van der Waals surface area contributed by atoms with Crippen LogP contribution >= 0.6 is 11.3 Å². The molecule has 1 heterocycles. The summed E-state index contributed by atoms with van der Waals surface area (Å²) in [5.41, 5.74) is 0. The van der Waals surface area contributed by atoms with Crippen LogP contribution in [0.15, 0.2) is 0 Å². The van der Waals surface area contributed by atoms with E-state index in [1.54, 1.807) is 11.3 Å². The fourth-order valence-corrected chi connectivity index (χ4v) is 2.94. The van der Waals surface area contributed by atoms with Crippen molar-refractivity contribution >= 4 is 17.1 Å². The van der Waals surface area contributed by atoms with Crippen LogP contribution in [-0.2, 0) is 11.2 Å². The van der Waals surface area contributed by atoms with Crippen molar-refractivity contribution in [3.05, 3.63) is 10.0 Å². The fraction of sp³-hybridized carbons (Fsp3) is 0.727. The highest BCUT2D eigenvalue weighted by Crippen LogP contribution is 2.30. The van der Waals surface area contributed by atoms with E-state index in [9.17, 15) is 4.79 Å². The SMILES string of the molecule is Cc1nnc(CC2CC(=O)CCC2C)s1. The van der Waals surface area contributed by atoms with Crippen molar-refractivity contribution in [3.8, 4) is 0 Å². The monoisotopic (exact) mass is 224 g/mol. The van der Waals surface area contributed by atoms with E-state index in [-0.39, 0.29) is 0 Å². The third-order valence-corrected chi connectivity index (χ3v) is 4.04. The maximum Gasteiger partial charge on any atom is 0.133 e. The van der Waals surface area contributed by atoms with Gasteiger partial charge in [0.05, 0.1) is 0 Å². The number of aryl methyl sites for hydroxylation is 1. The number of carbonyl (C=O) groups is 1. The average Bonchev–Trinajstić information content (AvgIpc) is 2.58. The number of nitrogens with zero attached hydrogens (tertiary/aromatic N) is 2. The Morgan fingerprint density at radius 3 is 2.93 bits per heavy atom. The largest absolute Gasteiger partial charge is 0.300 e. The summed E-state index contributed by atoms with van der Waals surface area (Å²) in [6, 6.07) is 0. The highest BCUT2D eigenvalue weighted by molar-refractivity contribution is 7.11. The highest BCUT2D eigenvalue weighted by Gasteiger charge is 2.27. The van der Waals surface area contributed by atoms with Crippen LogP contribution in [0.2, 0.25) is 0 Å². The van der Waals surface area contributed by atoms with Crippen LogP contribution in [-0.4, -0.2) is 16.0 Å². The van der Waals surface area contributed by atoms with Gasteiger partial charge in [-0.25, -0.2) is 0 Å². The summed E-state index contributed by atoms with van der Waals surface area (Å²) in [4.78, 5) is 11.4. The Labute approximate surface area is 93.9 Å². The lowest BCUT2D eigenvalue weighted by Gasteiger charge is -2.26. The predicted octanol–water partition coefficient (Wildman–Crippen LogP) is 2.39. The van der Waals surface area contributed by atoms with Gasteiger partial charge in [0.25, 0.3) is 0 Å². The Bertz CT molecular complexity index is 361. The van der Waals surface area contributed by atoms with E-state index in [1.165, 1.54) is 0 Å². The van der Waals surface area contributed by atoms with Crippen LogP contribution in [0.3, 0.4) is 0 Å². The molecule has 2 unspecified atom stereocenters. The molecular weight excluding hydrogens is 208 g/mol. The molecule has 0 spiro atoms. The summed E-state index contributed by atoms with van der Waals surface area (Å²) in [5.74, 6) is 1.55. The first-order chi connectivity index (χ1) is 7.15. The van der Waals surface area contributed by atoms with Gasteiger partial charge in [-0.3, -0.25) is 4.79 Å². The maximum absolute atomic E-state index is 11.4. The Morgan fingerprint density at radius 1 is 1.47 bits per heavy atom. The van der Waals surface area contributed by atoms with Crippen LogP contribution < -0.4 is 0 Å². The smallest absolute Gasteiger partial charge is 0.133 e. The summed E-state index contributed by atoms with van der Waals surface area (Å²) < 4.78 is 0. The summed E-state index contributed by atoms with van der Waals surface area (Å²) in [7, 11) is 0.